The SMILES string of the molecule is C[C@@H]1CC[C@H](C(N)=O)CN1C(=O)/C=C\c1ccc(Cl)s1. The maximum Gasteiger partial charge on any atom is 0.246 e. The van der Waals surface area contributed by atoms with Gasteiger partial charge in [0, 0.05) is 23.5 Å². The van der Waals surface area contributed by atoms with E-state index in [9.17, 15) is 9.59 Å². The van der Waals surface area contributed by atoms with Gasteiger partial charge in [-0.1, -0.05) is 11.6 Å². The predicted octanol–water partition coefficient (Wildman–Crippen LogP) is 2.53. The summed E-state index contributed by atoms with van der Waals surface area (Å²) in [6.45, 7) is 2.40. The van der Waals surface area contributed by atoms with Gasteiger partial charge in [-0.25, -0.2) is 0 Å². The number of likely N-dealkylation sites (tertiary alicyclic amines) is 1. The highest BCUT2D eigenvalue weighted by atomic mass is 35.5. The van der Waals surface area contributed by atoms with Crippen LogP contribution in [-0.2, 0) is 9.59 Å². The zero-order valence-corrected chi connectivity index (χ0v) is 12.8. The molecule has 1 aliphatic heterocycles. The molecule has 1 aromatic heterocycles. The lowest BCUT2D eigenvalue weighted by Gasteiger charge is -2.36. The van der Waals surface area contributed by atoms with E-state index in [1.54, 1.807) is 17.0 Å². The van der Waals surface area contributed by atoms with E-state index in [2.05, 4.69) is 0 Å². The van der Waals surface area contributed by atoms with Gasteiger partial charge in [-0.15, -0.1) is 11.3 Å². The van der Waals surface area contributed by atoms with Crippen molar-refractivity contribution in [2.24, 2.45) is 11.7 Å². The fourth-order valence-corrected chi connectivity index (χ4v) is 3.28. The molecule has 1 fully saturated rings. The van der Waals surface area contributed by atoms with Crippen LogP contribution in [0, 0.1) is 5.92 Å². The van der Waals surface area contributed by atoms with Crippen LogP contribution in [0.2, 0.25) is 4.34 Å². The summed E-state index contributed by atoms with van der Waals surface area (Å²) in [6.07, 6.45) is 4.84. The first-order chi connectivity index (χ1) is 9.47. The molecule has 1 saturated heterocycles. The number of carbonyl (C=O) groups excluding carboxylic acids is 2. The minimum atomic E-state index is -0.330. The molecule has 108 valence electrons. The predicted molar refractivity (Wildman–Crippen MR) is 81.5 cm³/mol. The topological polar surface area (TPSA) is 63.4 Å². The number of carbonyl (C=O) groups is 2. The fraction of sp³-hybridized carbons (Fsp3) is 0.429. The monoisotopic (exact) mass is 312 g/mol. The Kier molecular flexibility index (Phi) is 4.83. The Morgan fingerprint density at radius 1 is 1.45 bits per heavy atom. The van der Waals surface area contributed by atoms with Crippen molar-refractivity contribution in [1.29, 1.82) is 0 Å². The van der Waals surface area contributed by atoms with E-state index in [1.807, 2.05) is 13.0 Å². The zero-order chi connectivity index (χ0) is 14.7. The molecule has 2 N–H and O–H groups in total. The van der Waals surface area contributed by atoms with Gasteiger partial charge in [0.1, 0.15) is 0 Å². The molecule has 2 atom stereocenters. The highest BCUT2D eigenvalue weighted by Crippen LogP contribution is 2.24. The lowest BCUT2D eigenvalue weighted by molar-refractivity contribution is -0.133. The quantitative estimate of drug-likeness (QED) is 0.872. The van der Waals surface area contributed by atoms with Crippen LogP contribution in [-0.4, -0.2) is 29.3 Å². The second kappa shape index (κ2) is 6.41. The Labute approximate surface area is 127 Å². The number of thiophene rings is 1. The van der Waals surface area contributed by atoms with Crippen LogP contribution in [0.25, 0.3) is 6.08 Å². The zero-order valence-electron chi connectivity index (χ0n) is 11.2. The van der Waals surface area contributed by atoms with Crippen LogP contribution in [0.5, 0.6) is 0 Å². The van der Waals surface area contributed by atoms with Gasteiger partial charge in [0.25, 0.3) is 0 Å². The van der Waals surface area contributed by atoms with Crippen molar-refractivity contribution in [2.45, 2.75) is 25.8 Å². The van der Waals surface area contributed by atoms with Crippen LogP contribution in [0.15, 0.2) is 18.2 Å². The molecular weight excluding hydrogens is 296 g/mol. The summed E-state index contributed by atoms with van der Waals surface area (Å²) in [5, 5.41) is 0. The summed E-state index contributed by atoms with van der Waals surface area (Å²) in [4.78, 5) is 26.1. The molecule has 6 heteroatoms. The number of rotatable bonds is 3. The van der Waals surface area contributed by atoms with Gasteiger partial charge in [-0.05, 0) is 38.0 Å². The molecule has 4 nitrogen and oxygen atoms in total. The second-order valence-electron chi connectivity index (χ2n) is 4.99. The molecule has 1 aromatic rings. The molecule has 2 amide bonds. The van der Waals surface area contributed by atoms with Crippen molar-refractivity contribution in [3.05, 3.63) is 27.4 Å². The number of nitrogens with zero attached hydrogens (tertiary/aromatic N) is 1. The molecule has 20 heavy (non-hydrogen) atoms. The second-order valence-corrected chi connectivity index (χ2v) is 6.74. The Morgan fingerprint density at radius 3 is 2.80 bits per heavy atom. The number of nitrogens with two attached hydrogens (primary N) is 1. The Morgan fingerprint density at radius 2 is 2.20 bits per heavy atom. The minimum absolute atomic E-state index is 0.0898. The van der Waals surface area contributed by atoms with Crippen molar-refractivity contribution >= 4 is 40.8 Å². The van der Waals surface area contributed by atoms with Gasteiger partial charge < -0.3 is 10.6 Å². The van der Waals surface area contributed by atoms with Crippen molar-refractivity contribution in [2.75, 3.05) is 6.54 Å². The maximum atomic E-state index is 12.2. The third-order valence-electron chi connectivity index (χ3n) is 3.55. The summed E-state index contributed by atoms with van der Waals surface area (Å²) in [6, 6.07) is 3.79. The van der Waals surface area contributed by atoms with E-state index in [0.29, 0.717) is 10.9 Å². The molecule has 0 saturated carbocycles. The molecule has 2 heterocycles. The Bertz CT molecular complexity index is 541. The standard InChI is InChI=1S/C14H17ClN2O2S/c1-9-2-3-10(14(16)19)8-17(9)13(18)7-5-11-4-6-12(15)20-11/h4-7,9-10H,2-3,8H2,1H3,(H2,16,19)/b7-5-/t9-,10+/m1/s1. The summed E-state index contributed by atoms with van der Waals surface area (Å²) in [5.74, 6) is -0.656. The number of halogens is 1. The first-order valence-corrected chi connectivity index (χ1v) is 7.70. The average molecular weight is 313 g/mol. The maximum absolute atomic E-state index is 12.2. The van der Waals surface area contributed by atoms with Gasteiger partial charge in [0.2, 0.25) is 11.8 Å². The van der Waals surface area contributed by atoms with E-state index in [-0.39, 0.29) is 23.8 Å². The number of piperidine rings is 1. The molecule has 0 aromatic carbocycles. The van der Waals surface area contributed by atoms with Crippen molar-refractivity contribution in [3.63, 3.8) is 0 Å². The van der Waals surface area contributed by atoms with Gasteiger partial charge in [-0.3, -0.25) is 9.59 Å². The van der Waals surface area contributed by atoms with E-state index < -0.39 is 0 Å². The number of hydrogen-bond acceptors (Lipinski definition) is 3. The van der Waals surface area contributed by atoms with Gasteiger partial charge in [-0.2, -0.15) is 0 Å². The molecule has 0 spiro atoms. The van der Waals surface area contributed by atoms with Crippen LogP contribution in [0.3, 0.4) is 0 Å². The third-order valence-corrected chi connectivity index (χ3v) is 4.75. The fourth-order valence-electron chi connectivity index (χ4n) is 2.31. The summed E-state index contributed by atoms with van der Waals surface area (Å²) < 4.78 is 0.692. The van der Waals surface area contributed by atoms with E-state index >= 15 is 0 Å². The minimum Gasteiger partial charge on any atom is -0.369 e. The van der Waals surface area contributed by atoms with E-state index in [1.165, 1.54) is 17.4 Å². The number of amides is 2. The van der Waals surface area contributed by atoms with Crippen LogP contribution < -0.4 is 5.73 Å². The highest BCUT2D eigenvalue weighted by Gasteiger charge is 2.30. The first-order valence-electron chi connectivity index (χ1n) is 6.50. The smallest absolute Gasteiger partial charge is 0.246 e. The Hall–Kier alpha value is -1.33. The molecule has 0 aliphatic carbocycles. The molecule has 1 aliphatic rings. The third kappa shape index (κ3) is 3.61. The average Bonchev–Trinajstić information content (AvgIpc) is 2.82. The van der Waals surface area contributed by atoms with Gasteiger partial charge in [0.05, 0.1) is 10.3 Å². The molecule has 0 bridgehead atoms. The van der Waals surface area contributed by atoms with Gasteiger partial charge >= 0.3 is 0 Å². The van der Waals surface area contributed by atoms with Crippen LogP contribution in [0.1, 0.15) is 24.6 Å². The lowest BCUT2D eigenvalue weighted by Crippen LogP contribution is -2.48. The Balaban J connectivity index is 2.03. The van der Waals surface area contributed by atoms with Crippen molar-refractivity contribution in [1.82, 2.24) is 4.90 Å². The van der Waals surface area contributed by atoms with Gasteiger partial charge in [0.15, 0.2) is 0 Å². The normalized spacial score (nSPS) is 23.2. The largest absolute Gasteiger partial charge is 0.369 e. The van der Waals surface area contributed by atoms with Crippen molar-refractivity contribution < 1.29 is 9.59 Å². The number of primary amides is 1. The molecule has 0 radical (unpaired) electrons. The van der Waals surface area contributed by atoms with Crippen LogP contribution in [0.4, 0.5) is 0 Å². The molecular formula is C14H17ClN2O2S. The lowest BCUT2D eigenvalue weighted by atomic mass is 9.93. The summed E-state index contributed by atoms with van der Waals surface area (Å²) in [5.41, 5.74) is 5.33. The van der Waals surface area contributed by atoms with Crippen LogP contribution >= 0.6 is 22.9 Å². The molecule has 2 rings (SSSR count). The summed E-state index contributed by atoms with van der Waals surface area (Å²) in [7, 11) is 0. The summed E-state index contributed by atoms with van der Waals surface area (Å²) >= 11 is 7.26. The van der Waals surface area contributed by atoms with Crippen molar-refractivity contribution in [3.8, 4) is 0 Å². The van der Waals surface area contributed by atoms with E-state index in [4.69, 9.17) is 17.3 Å². The van der Waals surface area contributed by atoms with E-state index in [0.717, 1.165) is 17.7 Å². The molecule has 0 unspecified atom stereocenters. The number of hydrogen-bond donors (Lipinski definition) is 1. The highest BCUT2D eigenvalue weighted by molar-refractivity contribution is 7.17. The first kappa shape index (κ1) is 15.1.